The Morgan fingerprint density at radius 3 is 2.71 bits per heavy atom. The molecule has 1 unspecified atom stereocenters. The third-order valence-corrected chi connectivity index (χ3v) is 4.54. The van der Waals surface area contributed by atoms with Crippen LogP contribution in [0.4, 0.5) is 0 Å². The standard InChI is InChI=1S/C18H17NO5/c20-14-6-8-19-15(16(14)23-10-13-4-2-1-3-5-13)17(21)24-12-18(19)7-9-22-11-18/h1-6,8H,7,9-12H2. The molecule has 3 heterocycles. The van der Waals surface area contributed by atoms with E-state index in [1.165, 1.54) is 6.07 Å². The molecule has 2 aliphatic heterocycles. The Bertz CT molecular complexity index is 821. The van der Waals surface area contributed by atoms with Gasteiger partial charge < -0.3 is 18.8 Å². The average molecular weight is 327 g/mol. The number of rotatable bonds is 3. The van der Waals surface area contributed by atoms with Crippen LogP contribution < -0.4 is 10.2 Å². The van der Waals surface area contributed by atoms with Gasteiger partial charge in [-0.2, -0.15) is 0 Å². The van der Waals surface area contributed by atoms with Gasteiger partial charge in [-0.1, -0.05) is 30.3 Å². The molecular weight excluding hydrogens is 310 g/mol. The van der Waals surface area contributed by atoms with E-state index in [-0.39, 0.29) is 30.1 Å². The predicted molar refractivity (Wildman–Crippen MR) is 85.2 cm³/mol. The number of benzene rings is 1. The monoisotopic (exact) mass is 327 g/mol. The number of esters is 1. The highest BCUT2D eigenvalue weighted by Gasteiger charge is 2.44. The van der Waals surface area contributed by atoms with Crippen molar-refractivity contribution in [1.82, 2.24) is 4.57 Å². The van der Waals surface area contributed by atoms with Crippen LogP contribution in [0.25, 0.3) is 0 Å². The van der Waals surface area contributed by atoms with E-state index in [4.69, 9.17) is 14.2 Å². The lowest BCUT2D eigenvalue weighted by Crippen LogP contribution is -2.47. The maximum absolute atomic E-state index is 12.3. The van der Waals surface area contributed by atoms with Crippen LogP contribution in [0.5, 0.6) is 5.75 Å². The first kappa shape index (κ1) is 15.0. The number of carbonyl (C=O) groups excluding carboxylic acids is 1. The first-order valence-electron chi connectivity index (χ1n) is 7.87. The number of hydrogen-bond donors (Lipinski definition) is 0. The van der Waals surface area contributed by atoms with Gasteiger partial charge in [0.15, 0.2) is 11.4 Å². The second-order valence-corrected chi connectivity index (χ2v) is 6.11. The molecule has 1 aromatic heterocycles. The molecule has 1 spiro atoms. The van der Waals surface area contributed by atoms with Gasteiger partial charge in [0.1, 0.15) is 18.8 Å². The van der Waals surface area contributed by atoms with Crippen LogP contribution in [0.15, 0.2) is 47.4 Å². The predicted octanol–water partition coefficient (Wildman–Crippen LogP) is 1.71. The molecule has 1 atom stereocenters. The van der Waals surface area contributed by atoms with E-state index in [2.05, 4.69) is 0 Å². The fourth-order valence-corrected chi connectivity index (χ4v) is 3.21. The van der Waals surface area contributed by atoms with Gasteiger partial charge in [-0.05, 0) is 12.0 Å². The zero-order valence-electron chi connectivity index (χ0n) is 13.1. The largest absolute Gasteiger partial charge is 0.482 e. The molecule has 2 aliphatic rings. The SMILES string of the molecule is O=C1OCC2(CCOC2)n2ccc(=O)c(OCc3ccccc3)c21. The Morgan fingerprint density at radius 2 is 1.96 bits per heavy atom. The van der Waals surface area contributed by atoms with Gasteiger partial charge in [-0.15, -0.1) is 0 Å². The van der Waals surface area contributed by atoms with Gasteiger partial charge in [-0.3, -0.25) is 4.79 Å². The lowest BCUT2D eigenvalue weighted by molar-refractivity contribution is 0.00985. The second-order valence-electron chi connectivity index (χ2n) is 6.11. The van der Waals surface area contributed by atoms with E-state index in [1.54, 1.807) is 10.8 Å². The molecule has 0 saturated carbocycles. The average Bonchev–Trinajstić information content (AvgIpc) is 3.08. The molecule has 4 rings (SSSR count). The molecule has 0 amide bonds. The summed E-state index contributed by atoms with van der Waals surface area (Å²) in [7, 11) is 0. The number of fused-ring (bicyclic) bond motifs is 2. The van der Waals surface area contributed by atoms with E-state index in [1.807, 2.05) is 30.3 Å². The van der Waals surface area contributed by atoms with Crippen LogP contribution >= 0.6 is 0 Å². The second kappa shape index (κ2) is 5.79. The third kappa shape index (κ3) is 2.39. The lowest BCUT2D eigenvalue weighted by atomic mass is 9.96. The lowest BCUT2D eigenvalue weighted by Gasteiger charge is -2.36. The minimum atomic E-state index is -0.534. The zero-order chi connectivity index (χ0) is 16.6. The summed E-state index contributed by atoms with van der Waals surface area (Å²) in [4.78, 5) is 24.6. The Hall–Kier alpha value is -2.60. The van der Waals surface area contributed by atoms with Crippen molar-refractivity contribution in [2.24, 2.45) is 0 Å². The van der Waals surface area contributed by atoms with Crippen LogP contribution in [-0.4, -0.2) is 30.4 Å². The summed E-state index contributed by atoms with van der Waals surface area (Å²) in [5, 5.41) is 0. The molecule has 0 bridgehead atoms. The van der Waals surface area contributed by atoms with Gasteiger partial charge in [0.2, 0.25) is 5.43 Å². The van der Waals surface area contributed by atoms with E-state index >= 15 is 0 Å². The minimum Gasteiger partial charge on any atom is -0.482 e. The first-order valence-corrected chi connectivity index (χ1v) is 7.87. The van der Waals surface area contributed by atoms with Crippen molar-refractivity contribution >= 4 is 5.97 Å². The molecule has 1 fully saturated rings. The quantitative estimate of drug-likeness (QED) is 0.803. The summed E-state index contributed by atoms with van der Waals surface area (Å²) in [5.41, 5.74) is 0.324. The van der Waals surface area contributed by atoms with Gasteiger partial charge in [-0.25, -0.2) is 4.79 Å². The van der Waals surface area contributed by atoms with Crippen molar-refractivity contribution in [2.45, 2.75) is 18.6 Å². The van der Waals surface area contributed by atoms with Crippen LogP contribution in [0.3, 0.4) is 0 Å². The first-order chi connectivity index (χ1) is 11.7. The zero-order valence-corrected chi connectivity index (χ0v) is 13.1. The fraction of sp³-hybridized carbons (Fsp3) is 0.333. The number of hydrogen-bond acceptors (Lipinski definition) is 5. The normalized spacial score (nSPS) is 22.2. The summed E-state index contributed by atoms with van der Waals surface area (Å²) in [5.74, 6) is -0.495. The number of nitrogens with zero attached hydrogens (tertiary/aromatic N) is 1. The molecule has 1 aromatic carbocycles. The molecule has 6 nitrogen and oxygen atoms in total. The highest BCUT2D eigenvalue weighted by molar-refractivity contribution is 5.91. The van der Waals surface area contributed by atoms with E-state index in [9.17, 15) is 9.59 Å². The molecule has 0 aliphatic carbocycles. The number of carbonyl (C=O) groups is 1. The van der Waals surface area contributed by atoms with Crippen molar-refractivity contribution in [2.75, 3.05) is 19.8 Å². The minimum absolute atomic E-state index is 0.0392. The molecule has 0 radical (unpaired) electrons. The highest BCUT2D eigenvalue weighted by atomic mass is 16.5. The molecule has 2 aromatic rings. The fourth-order valence-electron chi connectivity index (χ4n) is 3.21. The van der Waals surface area contributed by atoms with E-state index in [0.29, 0.717) is 13.2 Å². The van der Waals surface area contributed by atoms with Crippen molar-refractivity contribution in [3.63, 3.8) is 0 Å². The third-order valence-electron chi connectivity index (χ3n) is 4.54. The maximum atomic E-state index is 12.3. The molecule has 0 N–H and O–H groups in total. The maximum Gasteiger partial charge on any atom is 0.359 e. The van der Waals surface area contributed by atoms with Gasteiger partial charge >= 0.3 is 5.97 Å². The molecule has 1 saturated heterocycles. The highest BCUT2D eigenvalue weighted by Crippen LogP contribution is 2.35. The number of pyridine rings is 1. The molecule has 124 valence electrons. The van der Waals surface area contributed by atoms with Crippen LogP contribution in [-0.2, 0) is 21.6 Å². The molecule has 24 heavy (non-hydrogen) atoms. The Labute approximate surface area is 138 Å². The van der Waals surface area contributed by atoms with Gasteiger partial charge in [0.05, 0.1) is 6.61 Å². The Morgan fingerprint density at radius 1 is 1.12 bits per heavy atom. The van der Waals surface area contributed by atoms with Crippen molar-refractivity contribution in [1.29, 1.82) is 0 Å². The van der Waals surface area contributed by atoms with E-state index < -0.39 is 11.5 Å². The molecule has 6 heteroatoms. The van der Waals surface area contributed by atoms with Gasteiger partial charge in [0, 0.05) is 18.9 Å². The van der Waals surface area contributed by atoms with Crippen LogP contribution in [0.2, 0.25) is 0 Å². The number of ether oxygens (including phenoxy) is 3. The Balaban J connectivity index is 1.74. The van der Waals surface area contributed by atoms with Crippen molar-refractivity contribution < 1.29 is 19.0 Å². The summed E-state index contributed by atoms with van der Waals surface area (Å²) >= 11 is 0. The topological polar surface area (TPSA) is 66.8 Å². The summed E-state index contributed by atoms with van der Waals surface area (Å²) in [6.07, 6.45) is 2.37. The van der Waals surface area contributed by atoms with Gasteiger partial charge in [0.25, 0.3) is 0 Å². The molecular formula is C18H17NO5. The summed E-state index contributed by atoms with van der Waals surface area (Å²) in [6, 6.07) is 10.9. The summed E-state index contributed by atoms with van der Waals surface area (Å²) in [6.45, 7) is 1.52. The Kier molecular flexibility index (Phi) is 3.61. The number of aromatic nitrogens is 1. The summed E-state index contributed by atoms with van der Waals surface area (Å²) < 4.78 is 18.3. The van der Waals surface area contributed by atoms with Crippen LogP contribution in [0, 0.1) is 0 Å². The smallest absolute Gasteiger partial charge is 0.359 e. The van der Waals surface area contributed by atoms with E-state index in [0.717, 1.165) is 12.0 Å². The van der Waals surface area contributed by atoms with Crippen molar-refractivity contribution in [3.05, 3.63) is 64.1 Å². The van der Waals surface area contributed by atoms with Crippen LogP contribution in [0.1, 0.15) is 22.5 Å². The number of cyclic esters (lactones) is 1. The van der Waals surface area contributed by atoms with Crippen molar-refractivity contribution in [3.8, 4) is 5.75 Å².